The molecule has 104 valence electrons. The summed E-state index contributed by atoms with van der Waals surface area (Å²) >= 11 is 0. The highest BCUT2D eigenvalue weighted by atomic mass is 15.2. The molecule has 3 N–H and O–H groups in total. The molecular formula is C16H20N4. The Bertz CT molecular complexity index is 646. The van der Waals surface area contributed by atoms with Gasteiger partial charge in [0, 0.05) is 24.0 Å². The minimum absolute atomic E-state index is 0.104. The van der Waals surface area contributed by atoms with Crippen LogP contribution in [0.3, 0.4) is 0 Å². The van der Waals surface area contributed by atoms with Gasteiger partial charge in [-0.15, -0.1) is 0 Å². The summed E-state index contributed by atoms with van der Waals surface area (Å²) in [6.45, 7) is 4.13. The average molecular weight is 268 g/mol. The van der Waals surface area contributed by atoms with Crippen molar-refractivity contribution in [2.75, 3.05) is 18.0 Å². The number of fused-ring (bicyclic) bond motifs is 1. The van der Waals surface area contributed by atoms with Crippen LogP contribution in [-0.2, 0) is 0 Å². The number of nitrogen functional groups attached to an aromatic ring is 1. The number of nitrogens with zero attached hydrogens (tertiary/aromatic N) is 2. The maximum Gasteiger partial charge on any atom is 0.129 e. The van der Waals surface area contributed by atoms with Crippen LogP contribution in [0.5, 0.6) is 0 Å². The second kappa shape index (κ2) is 5.12. The van der Waals surface area contributed by atoms with E-state index in [1.54, 1.807) is 0 Å². The topological polar surface area (TPSA) is 66.0 Å². The van der Waals surface area contributed by atoms with Crippen molar-refractivity contribution < 1.29 is 0 Å². The Morgan fingerprint density at radius 3 is 2.80 bits per heavy atom. The molecule has 0 unspecified atom stereocenters. The van der Waals surface area contributed by atoms with Gasteiger partial charge in [-0.05, 0) is 37.8 Å². The summed E-state index contributed by atoms with van der Waals surface area (Å²) in [4.78, 5) is 7.03. The molecule has 2 aromatic rings. The highest BCUT2D eigenvalue weighted by Crippen LogP contribution is 2.31. The van der Waals surface area contributed by atoms with Gasteiger partial charge in [0.05, 0.1) is 5.52 Å². The van der Waals surface area contributed by atoms with Crippen LogP contribution in [0.25, 0.3) is 10.9 Å². The molecule has 1 aromatic heterocycles. The van der Waals surface area contributed by atoms with E-state index in [4.69, 9.17) is 16.1 Å². The van der Waals surface area contributed by atoms with E-state index < -0.39 is 0 Å². The Kier molecular flexibility index (Phi) is 3.30. The second-order valence-corrected chi connectivity index (χ2v) is 5.44. The molecule has 3 rings (SSSR count). The van der Waals surface area contributed by atoms with Crippen molar-refractivity contribution in [2.45, 2.75) is 19.8 Å². The van der Waals surface area contributed by atoms with Crippen LogP contribution in [0.2, 0.25) is 0 Å². The Balaban J connectivity index is 2.07. The molecule has 4 nitrogen and oxygen atoms in total. The number of rotatable bonds is 5. The molecule has 0 aliphatic heterocycles. The minimum atomic E-state index is 0.104. The molecule has 1 aromatic carbocycles. The number of hydrogen-bond donors (Lipinski definition) is 2. The number of nitrogens with one attached hydrogen (secondary N) is 1. The van der Waals surface area contributed by atoms with Crippen LogP contribution < -0.4 is 10.6 Å². The van der Waals surface area contributed by atoms with E-state index in [-0.39, 0.29) is 5.84 Å². The van der Waals surface area contributed by atoms with Gasteiger partial charge in [0.2, 0.25) is 0 Å². The Labute approximate surface area is 119 Å². The van der Waals surface area contributed by atoms with Crippen molar-refractivity contribution in [3.8, 4) is 0 Å². The summed E-state index contributed by atoms with van der Waals surface area (Å²) in [5.41, 5.74) is 7.43. The second-order valence-electron chi connectivity index (χ2n) is 5.44. The van der Waals surface area contributed by atoms with E-state index in [9.17, 15) is 0 Å². The van der Waals surface area contributed by atoms with Crippen LogP contribution in [-0.4, -0.2) is 23.9 Å². The lowest BCUT2D eigenvalue weighted by Crippen LogP contribution is -2.26. The molecule has 0 saturated heterocycles. The fourth-order valence-electron chi connectivity index (χ4n) is 2.54. The van der Waals surface area contributed by atoms with Crippen molar-refractivity contribution in [1.29, 1.82) is 5.41 Å². The van der Waals surface area contributed by atoms with E-state index in [0.717, 1.165) is 41.3 Å². The number of pyridine rings is 1. The van der Waals surface area contributed by atoms with Crippen LogP contribution in [0.4, 0.5) is 5.82 Å². The molecule has 20 heavy (non-hydrogen) atoms. The predicted molar refractivity (Wildman–Crippen MR) is 83.4 cm³/mol. The summed E-state index contributed by atoms with van der Waals surface area (Å²) in [5.74, 6) is 1.85. The van der Waals surface area contributed by atoms with Crippen molar-refractivity contribution in [2.24, 2.45) is 11.7 Å². The van der Waals surface area contributed by atoms with Gasteiger partial charge in [-0.2, -0.15) is 0 Å². The number of benzene rings is 1. The van der Waals surface area contributed by atoms with Gasteiger partial charge in [-0.25, -0.2) is 4.98 Å². The predicted octanol–water partition coefficient (Wildman–Crippen LogP) is 2.76. The smallest absolute Gasteiger partial charge is 0.129 e. The van der Waals surface area contributed by atoms with Gasteiger partial charge in [0.1, 0.15) is 11.7 Å². The van der Waals surface area contributed by atoms with Crippen LogP contribution in [0.15, 0.2) is 30.3 Å². The van der Waals surface area contributed by atoms with Gasteiger partial charge in [-0.1, -0.05) is 18.2 Å². The molecule has 0 bridgehead atoms. The summed E-state index contributed by atoms with van der Waals surface area (Å²) < 4.78 is 0. The maximum atomic E-state index is 7.80. The van der Waals surface area contributed by atoms with Crippen LogP contribution in [0.1, 0.15) is 25.3 Å². The summed E-state index contributed by atoms with van der Waals surface area (Å²) in [6.07, 6.45) is 2.65. The maximum absolute atomic E-state index is 7.80. The first-order valence-electron chi connectivity index (χ1n) is 7.18. The van der Waals surface area contributed by atoms with E-state index in [1.165, 1.54) is 12.8 Å². The third-order valence-electron chi connectivity index (χ3n) is 3.87. The van der Waals surface area contributed by atoms with Gasteiger partial charge in [0.15, 0.2) is 0 Å². The van der Waals surface area contributed by atoms with Crippen LogP contribution >= 0.6 is 0 Å². The summed E-state index contributed by atoms with van der Waals surface area (Å²) in [7, 11) is 0. The fourth-order valence-corrected chi connectivity index (χ4v) is 2.54. The lowest BCUT2D eigenvalue weighted by atomic mass is 10.1. The van der Waals surface area contributed by atoms with E-state index in [0.29, 0.717) is 0 Å². The number of anilines is 1. The first kappa shape index (κ1) is 12.9. The molecule has 1 aliphatic rings. The normalized spacial score (nSPS) is 14.4. The Morgan fingerprint density at radius 1 is 1.40 bits per heavy atom. The number of hydrogen-bond acceptors (Lipinski definition) is 3. The number of nitrogens with two attached hydrogens (primary N) is 1. The molecule has 1 heterocycles. The molecule has 1 aliphatic carbocycles. The van der Waals surface area contributed by atoms with Crippen molar-refractivity contribution in [3.63, 3.8) is 0 Å². The van der Waals surface area contributed by atoms with Crippen molar-refractivity contribution in [3.05, 3.63) is 35.9 Å². The molecule has 0 radical (unpaired) electrons. The van der Waals surface area contributed by atoms with E-state index in [1.807, 2.05) is 30.3 Å². The highest BCUT2D eigenvalue weighted by Gasteiger charge is 2.24. The fraction of sp³-hybridized carbons (Fsp3) is 0.375. The van der Waals surface area contributed by atoms with Gasteiger partial charge >= 0.3 is 0 Å². The van der Waals surface area contributed by atoms with Gasteiger partial charge in [0.25, 0.3) is 0 Å². The van der Waals surface area contributed by atoms with E-state index >= 15 is 0 Å². The summed E-state index contributed by atoms with van der Waals surface area (Å²) in [6, 6.07) is 9.84. The lowest BCUT2D eigenvalue weighted by molar-refractivity contribution is 0.733. The number of para-hydroxylation sites is 1. The molecule has 1 fully saturated rings. The Hall–Kier alpha value is -2.10. The zero-order valence-corrected chi connectivity index (χ0v) is 11.8. The third-order valence-corrected chi connectivity index (χ3v) is 3.87. The first-order chi connectivity index (χ1) is 9.69. The van der Waals surface area contributed by atoms with Gasteiger partial charge in [-0.3, -0.25) is 5.41 Å². The zero-order chi connectivity index (χ0) is 14.1. The molecule has 0 amide bonds. The first-order valence-corrected chi connectivity index (χ1v) is 7.18. The molecule has 4 heteroatoms. The quantitative estimate of drug-likeness (QED) is 0.647. The van der Waals surface area contributed by atoms with Crippen LogP contribution in [0, 0.1) is 11.3 Å². The largest absolute Gasteiger partial charge is 0.384 e. The Morgan fingerprint density at radius 2 is 2.15 bits per heavy atom. The number of amidine groups is 1. The zero-order valence-electron chi connectivity index (χ0n) is 11.8. The summed E-state index contributed by atoms with van der Waals surface area (Å²) in [5, 5.41) is 8.75. The highest BCUT2D eigenvalue weighted by molar-refractivity contribution is 6.07. The standard InChI is InChI=1S/C16H20N4/c1-2-20(10-11-7-8-11)15-9-13(16(17)18)12-5-3-4-6-14(12)19-15/h3-6,9,11H,2,7-8,10H2,1H3,(H3,17,18). The molecular weight excluding hydrogens is 248 g/mol. The molecule has 0 spiro atoms. The van der Waals surface area contributed by atoms with E-state index in [2.05, 4.69) is 11.8 Å². The lowest BCUT2D eigenvalue weighted by Gasteiger charge is -2.23. The SMILES string of the molecule is CCN(CC1CC1)c1cc(C(=N)N)c2ccccc2n1. The van der Waals surface area contributed by atoms with Crippen molar-refractivity contribution >= 4 is 22.6 Å². The third kappa shape index (κ3) is 2.46. The molecule has 1 saturated carbocycles. The van der Waals surface area contributed by atoms with Crippen molar-refractivity contribution in [1.82, 2.24) is 4.98 Å². The van der Waals surface area contributed by atoms with Gasteiger partial charge < -0.3 is 10.6 Å². The minimum Gasteiger partial charge on any atom is -0.384 e. The number of aromatic nitrogens is 1. The monoisotopic (exact) mass is 268 g/mol. The average Bonchev–Trinajstić information content (AvgIpc) is 3.27. The molecule has 0 atom stereocenters.